The molecule has 0 amide bonds. The van der Waals surface area contributed by atoms with Gasteiger partial charge in [-0.15, -0.1) is 10.2 Å². The van der Waals surface area contributed by atoms with Crippen LogP contribution in [0.2, 0.25) is 0 Å². The molecule has 2 aromatic carbocycles. The van der Waals surface area contributed by atoms with Crippen molar-refractivity contribution in [1.29, 1.82) is 0 Å². The first-order valence-electron chi connectivity index (χ1n) is 6.58. The molecule has 1 heterocycles. The Morgan fingerprint density at radius 1 is 1.05 bits per heavy atom. The lowest BCUT2D eigenvalue weighted by atomic mass is 10.1. The van der Waals surface area contributed by atoms with Gasteiger partial charge in [-0.05, 0) is 30.7 Å². The lowest BCUT2D eigenvalue weighted by molar-refractivity contribution is 0.269. The summed E-state index contributed by atoms with van der Waals surface area (Å²) in [5.41, 5.74) is 1.69. The maximum absolute atomic E-state index is 14.4. The maximum atomic E-state index is 14.4. The summed E-state index contributed by atoms with van der Waals surface area (Å²) in [6.45, 7) is 1.43. The second kappa shape index (κ2) is 5.46. The molecule has 0 aliphatic heterocycles. The molecule has 0 radical (unpaired) electrons. The molecule has 0 spiro atoms. The predicted molar refractivity (Wildman–Crippen MR) is 77.4 cm³/mol. The smallest absolute Gasteiger partial charge is 0.171 e. The van der Waals surface area contributed by atoms with E-state index in [1.165, 1.54) is 0 Å². The zero-order chi connectivity index (χ0) is 14.8. The van der Waals surface area contributed by atoms with Gasteiger partial charge in [0.25, 0.3) is 0 Å². The average Bonchev–Trinajstić information content (AvgIpc) is 2.94. The normalized spacial score (nSPS) is 10.8. The van der Waals surface area contributed by atoms with Gasteiger partial charge in [-0.25, -0.2) is 4.39 Å². The van der Waals surface area contributed by atoms with Crippen LogP contribution < -0.4 is 0 Å². The monoisotopic (exact) mass is 283 g/mol. The Labute approximate surface area is 121 Å². The van der Waals surface area contributed by atoms with Crippen LogP contribution in [0.15, 0.2) is 48.5 Å². The van der Waals surface area contributed by atoms with Crippen molar-refractivity contribution in [2.75, 3.05) is 0 Å². The molecular weight excluding hydrogens is 269 g/mol. The Hall–Kier alpha value is -2.53. The summed E-state index contributed by atoms with van der Waals surface area (Å²) >= 11 is 0. The highest BCUT2D eigenvalue weighted by molar-refractivity contribution is 5.60. The van der Waals surface area contributed by atoms with Crippen LogP contribution in [-0.2, 0) is 6.61 Å². The van der Waals surface area contributed by atoms with Gasteiger partial charge < -0.3 is 5.11 Å². The molecule has 0 aliphatic carbocycles. The molecule has 106 valence electrons. The molecule has 0 bridgehead atoms. The third kappa shape index (κ3) is 2.32. The highest BCUT2D eigenvalue weighted by Crippen LogP contribution is 2.26. The highest BCUT2D eigenvalue weighted by atomic mass is 19.1. The Balaban J connectivity index is 2.25. The average molecular weight is 283 g/mol. The van der Waals surface area contributed by atoms with E-state index in [4.69, 9.17) is 0 Å². The first-order chi connectivity index (χ1) is 10.2. The molecule has 0 fully saturated rings. The molecule has 1 aromatic heterocycles. The zero-order valence-corrected chi connectivity index (χ0v) is 11.5. The van der Waals surface area contributed by atoms with Crippen LogP contribution >= 0.6 is 0 Å². The number of benzene rings is 2. The molecule has 1 N–H and O–H groups in total. The minimum Gasteiger partial charge on any atom is -0.388 e. The highest BCUT2D eigenvalue weighted by Gasteiger charge is 2.18. The largest absolute Gasteiger partial charge is 0.388 e. The number of aliphatic hydroxyl groups excluding tert-OH is 1. The van der Waals surface area contributed by atoms with Crippen molar-refractivity contribution >= 4 is 0 Å². The maximum Gasteiger partial charge on any atom is 0.171 e. The minimum atomic E-state index is -0.327. The molecule has 0 aliphatic rings. The van der Waals surface area contributed by atoms with E-state index in [0.717, 1.165) is 5.69 Å². The summed E-state index contributed by atoms with van der Waals surface area (Å²) in [4.78, 5) is 0. The topological polar surface area (TPSA) is 50.9 Å². The first kappa shape index (κ1) is 13.5. The van der Waals surface area contributed by atoms with E-state index in [1.807, 2.05) is 30.3 Å². The number of rotatable bonds is 3. The summed E-state index contributed by atoms with van der Waals surface area (Å²) in [5.74, 6) is 0.426. The van der Waals surface area contributed by atoms with Crippen molar-refractivity contribution in [3.05, 3.63) is 65.7 Å². The molecule has 0 saturated heterocycles. The summed E-state index contributed by atoms with van der Waals surface area (Å²) < 4.78 is 16.0. The van der Waals surface area contributed by atoms with E-state index in [0.29, 0.717) is 22.8 Å². The lowest BCUT2D eigenvalue weighted by Crippen LogP contribution is -2.04. The third-order valence-electron chi connectivity index (χ3n) is 3.32. The van der Waals surface area contributed by atoms with Gasteiger partial charge in [0.15, 0.2) is 11.6 Å². The van der Waals surface area contributed by atoms with Crippen molar-refractivity contribution < 1.29 is 9.50 Å². The van der Waals surface area contributed by atoms with Crippen LogP contribution in [0.1, 0.15) is 11.4 Å². The number of para-hydroxylation sites is 1. The Morgan fingerprint density at radius 3 is 2.52 bits per heavy atom. The number of aryl methyl sites for hydroxylation is 1. The second-order valence-corrected chi connectivity index (χ2v) is 4.71. The van der Waals surface area contributed by atoms with Crippen molar-refractivity contribution in [3.8, 4) is 17.1 Å². The van der Waals surface area contributed by atoms with Gasteiger partial charge in [-0.1, -0.05) is 30.3 Å². The number of nitrogens with zero attached hydrogens (tertiary/aromatic N) is 3. The molecule has 4 nitrogen and oxygen atoms in total. The zero-order valence-electron chi connectivity index (χ0n) is 11.5. The van der Waals surface area contributed by atoms with Gasteiger partial charge in [-0.3, -0.25) is 4.57 Å². The Kier molecular flexibility index (Phi) is 3.50. The van der Waals surface area contributed by atoms with E-state index in [-0.39, 0.29) is 12.4 Å². The van der Waals surface area contributed by atoms with E-state index in [2.05, 4.69) is 10.2 Å². The minimum absolute atomic E-state index is 0.269. The van der Waals surface area contributed by atoms with Crippen molar-refractivity contribution in [3.63, 3.8) is 0 Å². The van der Waals surface area contributed by atoms with E-state index < -0.39 is 0 Å². The number of halogens is 1. The van der Waals surface area contributed by atoms with Crippen LogP contribution in [0.25, 0.3) is 17.1 Å². The summed E-state index contributed by atoms with van der Waals surface area (Å²) in [5, 5.41) is 17.4. The molecule has 21 heavy (non-hydrogen) atoms. The van der Waals surface area contributed by atoms with Crippen LogP contribution in [0.3, 0.4) is 0 Å². The van der Waals surface area contributed by atoms with E-state index in [9.17, 15) is 9.50 Å². The van der Waals surface area contributed by atoms with Crippen molar-refractivity contribution in [2.45, 2.75) is 13.5 Å². The fraction of sp³-hybridized carbons (Fsp3) is 0.125. The molecular formula is C16H14FN3O. The summed E-state index contributed by atoms with van der Waals surface area (Å²) in [7, 11) is 0. The lowest BCUT2D eigenvalue weighted by Gasteiger charge is -2.10. The number of hydrogen-bond donors (Lipinski definition) is 1. The van der Waals surface area contributed by atoms with Crippen molar-refractivity contribution in [1.82, 2.24) is 14.8 Å². The molecule has 0 saturated carbocycles. The van der Waals surface area contributed by atoms with Gasteiger partial charge in [0.05, 0.1) is 5.56 Å². The third-order valence-corrected chi connectivity index (χ3v) is 3.32. The number of hydrogen-bond acceptors (Lipinski definition) is 3. The van der Waals surface area contributed by atoms with Crippen LogP contribution in [0.5, 0.6) is 0 Å². The molecule has 0 atom stereocenters. The number of aromatic nitrogens is 3. The van der Waals surface area contributed by atoms with Crippen LogP contribution in [-0.4, -0.2) is 19.9 Å². The molecule has 3 aromatic rings. The molecule has 3 rings (SSSR count). The van der Waals surface area contributed by atoms with Gasteiger partial charge >= 0.3 is 0 Å². The predicted octanol–water partition coefficient (Wildman–Crippen LogP) is 2.87. The Morgan fingerprint density at radius 2 is 1.81 bits per heavy atom. The van der Waals surface area contributed by atoms with Crippen molar-refractivity contribution in [2.24, 2.45) is 0 Å². The Bertz CT molecular complexity index is 768. The van der Waals surface area contributed by atoms with Crippen LogP contribution in [0, 0.1) is 12.7 Å². The SMILES string of the molecule is Cc1cccc(-c2nnc(CO)n2-c2ccccc2)c1F. The standard InChI is InChI=1S/C16H14FN3O/c1-11-6-5-9-13(15(11)17)16-19-18-14(10-21)20(16)12-7-3-2-4-8-12/h2-9,21H,10H2,1H3. The fourth-order valence-electron chi connectivity index (χ4n) is 2.26. The quantitative estimate of drug-likeness (QED) is 0.804. The molecule has 0 unspecified atom stereocenters. The van der Waals surface area contributed by atoms with E-state index >= 15 is 0 Å². The fourth-order valence-corrected chi connectivity index (χ4v) is 2.26. The first-order valence-corrected chi connectivity index (χ1v) is 6.58. The van der Waals surface area contributed by atoms with Gasteiger partial charge in [-0.2, -0.15) is 0 Å². The molecule has 5 heteroatoms. The van der Waals surface area contributed by atoms with E-state index in [1.54, 1.807) is 29.7 Å². The van der Waals surface area contributed by atoms with Gasteiger partial charge in [0, 0.05) is 5.69 Å². The number of aliphatic hydroxyl groups is 1. The van der Waals surface area contributed by atoms with Crippen LogP contribution in [0.4, 0.5) is 4.39 Å². The van der Waals surface area contributed by atoms with Gasteiger partial charge in [0.2, 0.25) is 0 Å². The summed E-state index contributed by atoms with van der Waals surface area (Å²) in [6, 6.07) is 14.5. The second-order valence-electron chi connectivity index (χ2n) is 4.71. The summed E-state index contributed by atoms with van der Waals surface area (Å²) in [6.07, 6.45) is 0. The van der Waals surface area contributed by atoms with Gasteiger partial charge in [0.1, 0.15) is 12.4 Å².